The van der Waals surface area contributed by atoms with E-state index >= 15 is 0 Å². The summed E-state index contributed by atoms with van der Waals surface area (Å²) >= 11 is 2.69. The minimum atomic E-state index is -0.946. The number of aromatic nitrogens is 2. The Morgan fingerprint density at radius 3 is 1.41 bits per heavy atom. The van der Waals surface area contributed by atoms with Gasteiger partial charge in [-0.1, -0.05) is 70.9 Å². The topological polar surface area (TPSA) is 82.1 Å². The number of anilines is 2. The minimum absolute atomic E-state index is 0.142. The second kappa shape index (κ2) is 18.7. The number of methoxy groups -OCH3 is 1. The Morgan fingerprint density at radius 2 is 1.00 bits per heavy atom. The molecule has 0 radical (unpaired) electrons. The third kappa shape index (κ3) is 10.2. The van der Waals surface area contributed by atoms with Gasteiger partial charge in [-0.15, -0.1) is 0 Å². The van der Waals surface area contributed by atoms with Gasteiger partial charge in [0, 0.05) is 40.0 Å². The Hall–Kier alpha value is -6.75. The fraction of sp³-hybridized carbons (Fsp3) is 0.200. The first kappa shape index (κ1) is 42.4. The van der Waals surface area contributed by atoms with Gasteiger partial charge in [0.15, 0.2) is 33.3 Å². The van der Waals surface area contributed by atoms with Gasteiger partial charge in [-0.05, 0) is 82.6 Å². The highest BCUT2D eigenvalue weighted by molar-refractivity contribution is 7.17. The maximum atomic E-state index is 13.5. The van der Waals surface area contributed by atoms with Gasteiger partial charge in [0.25, 0.3) is 0 Å². The van der Waals surface area contributed by atoms with E-state index in [1.54, 1.807) is 38.2 Å². The average molecular weight is 867 g/mol. The standard InChI is InChI=1S/C23H19F2N3O2S.C22H16F3N3OS/c1-27-22-20(14-28(23(27)29)13-16-8-11-18(24)19(25)12-16)26-21(31-22)5-3-4-15-6-9-17(30-2)10-7-15;1-27-21-19(13-28(22(27)29)12-15-7-10-17(24)18(25)11-15)26-20(30-21)4-2-3-14-5-8-16(23)9-6-14/h6-12H,4,13-14H2,1-2H3;5-11H,3,12-13H2,1H3. The molecule has 0 atom stereocenters. The van der Waals surface area contributed by atoms with Crippen molar-refractivity contribution >= 4 is 44.7 Å². The van der Waals surface area contributed by atoms with Crippen molar-refractivity contribution in [1.29, 1.82) is 0 Å². The van der Waals surface area contributed by atoms with E-state index in [-0.39, 0.29) is 44.1 Å². The first-order chi connectivity index (χ1) is 29.3. The highest BCUT2D eigenvalue weighted by Gasteiger charge is 2.32. The van der Waals surface area contributed by atoms with Crippen LogP contribution in [-0.4, -0.2) is 53.0 Å². The van der Waals surface area contributed by atoms with Gasteiger partial charge >= 0.3 is 12.1 Å². The van der Waals surface area contributed by atoms with Crippen molar-refractivity contribution in [3.05, 3.63) is 158 Å². The van der Waals surface area contributed by atoms with Gasteiger partial charge in [-0.3, -0.25) is 9.80 Å². The summed E-state index contributed by atoms with van der Waals surface area (Å²) in [5.74, 6) is 8.99. The van der Waals surface area contributed by atoms with Crippen LogP contribution in [0.5, 0.6) is 5.75 Å². The van der Waals surface area contributed by atoms with Crippen molar-refractivity contribution in [3.63, 3.8) is 0 Å². The highest BCUT2D eigenvalue weighted by Crippen LogP contribution is 2.35. The lowest BCUT2D eigenvalue weighted by Gasteiger charge is -2.32. The van der Waals surface area contributed by atoms with Gasteiger partial charge in [-0.2, -0.15) is 0 Å². The number of fused-ring (bicyclic) bond motifs is 2. The number of rotatable bonds is 7. The number of ether oxygens (including phenoxy) is 1. The van der Waals surface area contributed by atoms with Crippen LogP contribution in [0.25, 0.3) is 0 Å². The molecule has 2 aliphatic rings. The van der Waals surface area contributed by atoms with Gasteiger partial charge < -0.3 is 14.5 Å². The molecule has 16 heteroatoms. The third-order valence-corrected chi connectivity index (χ3v) is 11.7. The number of benzene rings is 4. The fourth-order valence-electron chi connectivity index (χ4n) is 6.37. The number of hydrogen-bond donors (Lipinski definition) is 0. The zero-order chi connectivity index (χ0) is 43.2. The van der Waals surface area contributed by atoms with E-state index in [2.05, 4.69) is 33.6 Å². The third-order valence-electron chi connectivity index (χ3n) is 9.52. The zero-order valence-electron chi connectivity index (χ0n) is 32.9. The van der Waals surface area contributed by atoms with E-state index in [4.69, 9.17) is 4.74 Å². The summed E-state index contributed by atoms with van der Waals surface area (Å²) in [6.45, 7) is 0.848. The molecule has 9 nitrogen and oxygen atoms in total. The molecule has 0 unspecified atom stereocenters. The molecular formula is C45H35F5N6O3S2. The summed E-state index contributed by atoms with van der Waals surface area (Å²) < 4.78 is 71.4. The van der Waals surface area contributed by atoms with Crippen LogP contribution in [0.2, 0.25) is 0 Å². The number of carbonyl (C=O) groups is 2. The van der Waals surface area contributed by atoms with E-state index in [9.17, 15) is 31.5 Å². The molecule has 0 spiro atoms. The van der Waals surface area contributed by atoms with Crippen LogP contribution in [0.1, 0.15) is 43.7 Å². The summed E-state index contributed by atoms with van der Waals surface area (Å²) in [6, 6.07) is 20.6. The molecule has 0 fully saturated rings. The number of hydrogen-bond acceptors (Lipinski definition) is 7. The average Bonchev–Trinajstić information content (AvgIpc) is 3.86. The largest absolute Gasteiger partial charge is 0.497 e. The predicted octanol–water partition coefficient (Wildman–Crippen LogP) is 9.32. The molecule has 2 aromatic heterocycles. The van der Waals surface area contributed by atoms with Crippen molar-refractivity contribution in [2.45, 2.75) is 39.0 Å². The van der Waals surface area contributed by atoms with Crippen LogP contribution in [0.4, 0.5) is 41.5 Å². The molecule has 310 valence electrons. The summed E-state index contributed by atoms with van der Waals surface area (Å²) in [5, 5.41) is 2.68. The first-order valence-corrected chi connectivity index (χ1v) is 20.3. The zero-order valence-corrected chi connectivity index (χ0v) is 34.6. The van der Waals surface area contributed by atoms with Gasteiger partial charge in [-0.25, -0.2) is 41.5 Å². The molecule has 2 aliphatic heterocycles. The normalized spacial score (nSPS) is 13.0. The first-order valence-electron chi connectivity index (χ1n) is 18.6. The number of carbonyl (C=O) groups excluding carboxylic acids is 2. The molecule has 0 N–H and O–H groups in total. The van der Waals surface area contributed by atoms with Gasteiger partial charge in [0.05, 0.1) is 31.6 Å². The molecule has 4 amide bonds. The van der Waals surface area contributed by atoms with Crippen LogP contribution >= 0.6 is 22.7 Å². The molecular weight excluding hydrogens is 832 g/mol. The lowest BCUT2D eigenvalue weighted by atomic mass is 10.1. The van der Waals surface area contributed by atoms with Crippen LogP contribution in [0.15, 0.2) is 84.9 Å². The number of halogens is 5. The molecule has 6 aromatic rings. The Bertz CT molecular complexity index is 2720. The number of nitrogens with zero attached hydrogens (tertiary/aromatic N) is 6. The molecule has 0 saturated heterocycles. The van der Waals surface area contributed by atoms with Crippen LogP contribution in [-0.2, 0) is 39.0 Å². The minimum Gasteiger partial charge on any atom is -0.497 e. The lowest BCUT2D eigenvalue weighted by Crippen LogP contribution is -2.44. The molecule has 61 heavy (non-hydrogen) atoms. The quantitative estimate of drug-likeness (QED) is 0.118. The maximum absolute atomic E-state index is 13.5. The molecule has 0 aliphatic carbocycles. The second-order valence-corrected chi connectivity index (χ2v) is 15.8. The SMILES string of the molecule is CN1C(=O)N(Cc2ccc(F)c(F)c2)Cc2nc(C#CCc3ccc(F)cc3)sc21.COc1ccc(CC#Cc2nc3c(s2)N(C)C(=O)N(Cc2ccc(F)c(F)c2)C3)cc1. The summed E-state index contributed by atoms with van der Waals surface area (Å²) in [5.41, 5.74) is 4.42. The van der Waals surface area contributed by atoms with E-state index in [1.807, 2.05) is 24.3 Å². The van der Waals surface area contributed by atoms with Crippen LogP contribution < -0.4 is 14.5 Å². The fourth-order valence-corrected chi connectivity index (χ4v) is 8.18. The van der Waals surface area contributed by atoms with Crippen LogP contribution in [0, 0.1) is 52.8 Å². The number of thiazole rings is 2. The Morgan fingerprint density at radius 1 is 0.590 bits per heavy atom. The van der Waals surface area contributed by atoms with Crippen LogP contribution in [0.3, 0.4) is 0 Å². The van der Waals surface area contributed by atoms with Crippen molar-refractivity contribution in [3.8, 4) is 29.4 Å². The summed E-state index contributed by atoms with van der Waals surface area (Å²) in [7, 11) is 4.94. The molecule has 8 rings (SSSR count). The Kier molecular flexibility index (Phi) is 13.0. The molecule has 4 heterocycles. The number of urea groups is 2. The predicted molar refractivity (Wildman–Crippen MR) is 224 cm³/mol. The van der Waals surface area contributed by atoms with E-state index in [0.29, 0.717) is 44.7 Å². The number of amides is 4. The van der Waals surface area contributed by atoms with E-state index in [1.165, 1.54) is 61.6 Å². The van der Waals surface area contributed by atoms with Gasteiger partial charge in [0.1, 0.15) is 21.6 Å². The van der Waals surface area contributed by atoms with E-state index < -0.39 is 23.3 Å². The maximum Gasteiger partial charge on any atom is 0.325 e. The lowest BCUT2D eigenvalue weighted by molar-refractivity contribution is 0.196. The summed E-state index contributed by atoms with van der Waals surface area (Å²) in [6.07, 6.45) is 1.03. The summed E-state index contributed by atoms with van der Waals surface area (Å²) in [4.78, 5) is 40.6. The molecule has 4 aromatic carbocycles. The molecule has 0 bridgehead atoms. The smallest absolute Gasteiger partial charge is 0.325 e. The van der Waals surface area contributed by atoms with Crippen molar-refractivity contribution in [2.24, 2.45) is 0 Å². The monoisotopic (exact) mass is 866 g/mol. The molecule has 0 saturated carbocycles. The van der Waals surface area contributed by atoms with Gasteiger partial charge in [0.2, 0.25) is 0 Å². The van der Waals surface area contributed by atoms with Crippen molar-refractivity contribution in [1.82, 2.24) is 19.8 Å². The van der Waals surface area contributed by atoms with Crippen molar-refractivity contribution in [2.75, 3.05) is 31.0 Å². The van der Waals surface area contributed by atoms with E-state index in [0.717, 1.165) is 51.8 Å². The second-order valence-electron chi connectivity index (χ2n) is 13.9. The Balaban J connectivity index is 0.000000184. The highest BCUT2D eigenvalue weighted by atomic mass is 32.1. The Labute approximate surface area is 356 Å². The van der Waals surface area contributed by atoms with Crippen molar-refractivity contribution < 1.29 is 36.3 Å².